The molecule has 0 saturated heterocycles. The first-order valence-electron chi connectivity index (χ1n) is 4.92. The van der Waals surface area contributed by atoms with Crippen molar-refractivity contribution in [3.05, 3.63) is 41.0 Å². The Balaban J connectivity index is 2.19. The maximum absolute atomic E-state index is 13.5. The number of fused-ring (bicyclic) bond motifs is 1. The van der Waals surface area contributed by atoms with E-state index < -0.39 is 11.6 Å². The number of benzene rings is 1. The summed E-state index contributed by atoms with van der Waals surface area (Å²) in [6.07, 6.45) is 1.59. The van der Waals surface area contributed by atoms with Gasteiger partial charge in [0.05, 0.1) is 11.9 Å². The molecule has 1 aromatic carbocycles. The molecule has 0 bridgehead atoms. The van der Waals surface area contributed by atoms with Crippen LogP contribution in [-0.2, 0) is 0 Å². The number of hydrogen-bond acceptors (Lipinski definition) is 3. The van der Waals surface area contributed by atoms with Gasteiger partial charge in [0.1, 0.15) is 16.6 Å². The van der Waals surface area contributed by atoms with E-state index in [-0.39, 0.29) is 5.56 Å². The summed E-state index contributed by atoms with van der Waals surface area (Å²) < 4.78 is 28.2. The minimum Gasteiger partial charge on any atom is -0.217 e. The van der Waals surface area contributed by atoms with Crippen molar-refractivity contribution in [3.8, 4) is 11.3 Å². The zero-order valence-corrected chi connectivity index (χ0v) is 9.63. The predicted molar refractivity (Wildman–Crippen MR) is 61.0 cm³/mol. The smallest absolute Gasteiger partial charge is 0.212 e. The lowest BCUT2D eigenvalue weighted by Gasteiger charge is -1.98. The lowest BCUT2D eigenvalue weighted by molar-refractivity contribution is 0.603. The van der Waals surface area contributed by atoms with E-state index >= 15 is 0 Å². The van der Waals surface area contributed by atoms with Crippen molar-refractivity contribution in [2.24, 2.45) is 0 Å². The lowest BCUT2D eigenvalue weighted by atomic mass is 10.1. The summed E-state index contributed by atoms with van der Waals surface area (Å²) in [5.74, 6) is -0.976. The minimum absolute atomic E-state index is 0.153. The summed E-state index contributed by atoms with van der Waals surface area (Å²) >= 11 is 1.40. The van der Waals surface area contributed by atoms with Crippen molar-refractivity contribution < 1.29 is 8.78 Å². The van der Waals surface area contributed by atoms with Crippen LogP contribution in [0.3, 0.4) is 0 Å². The van der Waals surface area contributed by atoms with Crippen LogP contribution >= 0.6 is 11.3 Å². The predicted octanol–water partition coefficient (Wildman–Crippen LogP) is 3.04. The highest BCUT2D eigenvalue weighted by molar-refractivity contribution is 7.16. The van der Waals surface area contributed by atoms with E-state index in [1.807, 2.05) is 6.92 Å². The van der Waals surface area contributed by atoms with Crippen LogP contribution < -0.4 is 0 Å². The summed E-state index contributed by atoms with van der Waals surface area (Å²) in [6.45, 7) is 1.86. The molecule has 0 saturated carbocycles. The molecule has 3 rings (SSSR count). The molecule has 0 amide bonds. The van der Waals surface area contributed by atoms with Gasteiger partial charge >= 0.3 is 0 Å². The van der Waals surface area contributed by atoms with Gasteiger partial charge in [0, 0.05) is 5.56 Å². The monoisotopic (exact) mass is 251 g/mol. The zero-order valence-electron chi connectivity index (χ0n) is 8.82. The fraction of sp³-hybridized carbons (Fsp3) is 0.0909. The van der Waals surface area contributed by atoms with Crippen LogP contribution in [0.25, 0.3) is 16.2 Å². The quantitative estimate of drug-likeness (QED) is 0.665. The Morgan fingerprint density at radius 2 is 2.12 bits per heavy atom. The van der Waals surface area contributed by atoms with Gasteiger partial charge in [-0.15, -0.1) is 0 Å². The van der Waals surface area contributed by atoms with Gasteiger partial charge in [-0.2, -0.15) is 5.10 Å². The average Bonchev–Trinajstić information content (AvgIpc) is 2.78. The summed E-state index contributed by atoms with van der Waals surface area (Å²) in [5.41, 5.74) is 0.543. The van der Waals surface area contributed by atoms with Crippen molar-refractivity contribution in [2.45, 2.75) is 6.92 Å². The first kappa shape index (κ1) is 10.3. The van der Waals surface area contributed by atoms with Crippen molar-refractivity contribution in [1.82, 2.24) is 14.6 Å². The normalized spacial score (nSPS) is 11.2. The third-order valence-corrected chi connectivity index (χ3v) is 3.19. The first-order chi connectivity index (χ1) is 8.13. The Bertz CT molecular complexity index is 670. The SMILES string of the molecule is Cc1nn2cc(-c3cc(F)ccc3F)nc2s1. The Morgan fingerprint density at radius 1 is 1.29 bits per heavy atom. The molecule has 0 aliphatic carbocycles. The van der Waals surface area contributed by atoms with Crippen LogP contribution in [0.15, 0.2) is 24.4 Å². The molecule has 0 fully saturated rings. The largest absolute Gasteiger partial charge is 0.217 e. The number of aromatic nitrogens is 3. The Hall–Kier alpha value is -1.82. The van der Waals surface area contributed by atoms with Gasteiger partial charge in [-0.3, -0.25) is 0 Å². The highest BCUT2D eigenvalue weighted by Gasteiger charge is 2.12. The number of aryl methyl sites for hydroxylation is 1. The van der Waals surface area contributed by atoms with Gasteiger partial charge in [0.25, 0.3) is 0 Å². The molecule has 17 heavy (non-hydrogen) atoms. The number of halogens is 2. The maximum atomic E-state index is 13.5. The molecule has 0 atom stereocenters. The van der Waals surface area contributed by atoms with E-state index in [9.17, 15) is 8.78 Å². The van der Waals surface area contributed by atoms with E-state index in [0.29, 0.717) is 10.7 Å². The molecule has 2 aromatic heterocycles. The van der Waals surface area contributed by atoms with Gasteiger partial charge < -0.3 is 0 Å². The topological polar surface area (TPSA) is 30.2 Å². The Morgan fingerprint density at radius 3 is 2.88 bits per heavy atom. The summed E-state index contributed by atoms with van der Waals surface area (Å²) in [6, 6.07) is 3.31. The second-order valence-electron chi connectivity index (χ2n) is 3.60. The minimum atomic E-state index is -0.492. The maximum Gasteiger partial charge on any atom is 0.212 e. The van der Waals surface area contributed by atoms with Gasteiger partial charge in [0.2, 0.25) is 4.96 Å². The summed E-state index contributed by atoms with van der Waals surface area (Å²) in [7, 11) is 0. The number of imidazole rings is 1. The molecule has 0 radical (unpaired) electrons. The Kier molecular flexibility index (Phi) is 2.19. The molecule has 0 aliphatic heterocycles. The fourth-order valence-electron chi connectivity index (χ4n) is 1.62. The van der Waals surface area contributed by atoms with E-state index in [0.717, 1.165) is 23.2 Å². The van der Waals surface area contributed by atoms with Crippen LogP contribution in [-0.4, -0.2) is 14.6 Å². The third kappa shape index (κ3) is 1.70. The molecular weight excluding hydrogens is 244 g/mol. The standard InChI is InChI=1S/C11H7F2N3S/c1-6-15-16-5-10(14-11(16)17-6)8-4-7(12)2-3-9(8)13/h2-5H,1H3. The van der Waals surface area contributed by atoms with E-state index in [4.69, 9.17) is 0 Å². The molecule has 0 spiro atoms. The van der Waals surface area contributed by atoms with Crippen LogP contribution in [0.1, 0.15) is 5.01 Å². The fourth-order valence-corrected chi connectivity index (χ4v) is 2.35. The van der Waals surface area contributed by atoms with Gasteiger partial charge in [-0.1, -0.05) is 11.3 Å². The Labute approximate surface area is 99.4 Å². The van der Waals surface area contributed by atoms with Gasteiger partial charge in [0.15, 0.2) is 0 Å². The number of rotatable bonds is 1. The van der Waals surface area contributed by atoms with Gasteiger partial charge in [-0.05, 0) is 25.1 Å². The average molecular weight is 251 g/mol. The van der Waals surface area contributed by atoms with Crippen molar-refractivity contribution in [2.75, 3.05) is 0 Å². The van der Waals surface area contributed by atoms with Crippen molar-refractivity contribution >= 4 is 16.3 Å². The van der Waals surface area contributed by atoms with E-state index in [1.165, 1.54) is 11.3 Å². The second kappa shape index (κ2) is 3.59. The van der Waals surface area contributed by atoms with Crippen LogP contribution in [0.2, 0.25) is 0 Å². The number of hydrogen-bond donors (Lipinski definition) is 0. The molecule has 2 heterocycles. The van der Waals surface area contributed by atoms with Crippen LogP contribution in [0, 0.1) is 18.6 Å². The van der Waals surface area contributed by atoms with E-state index in [1.54, 1.807) is 10.7 Å². The van der Waals surface area contributed by atoms with Crippen LogP contribution in [0.5, 0.6) is 0 Å². The highest BCUT2D eigenvalue weighted by atomic mass is 32.1. The summed E-state index contributed by atoms with van der Waals surface area (Å²) in [4.78, 5) is 4.89. The summed E-state index contributed by atoms with van der Waals surface area (Å²) in [5, 5.41) is 5.04. The zero-order chi connectivity index (χ0) is 12.0. The van der Waals surface area contributed by atoms with Crippen molar-refractivity contribution in [3.63, 3.8) is 0 Å². The van der Waals surface area contributed by atoms with E-state index in [2.05, 4.69) is 10.1 Å². The second-order valence-corrected chi connectivity index (χ2v) is 4.76. The molecular formula is C11H7F2N3S. The van der Waals surface area contributed by atoms with Crippen molar-refractivity contribution in [1.29, 1.82) is 0 Å². The molecule has 0 aliphatic rings. The molecule has 0 N–H and O–H groups in total. The molecule has 86 valence electrons. The molecule has 3 aromatic rings. The third-order valence-electron chi connectivity index (χ3n) is 2.35. The highest BCUT2D eigenvalue weighted by Crippen LogP contribution is 2.24. The van der Waals surface area contributed by atoms with Crippen LogP contribution in [0.4, 0.5) is 8.78 Å². The first-order valence-corrected chi connectivity index (χ1v) is 5.73. The number of nitrogens with zero attached hydrogens (tertiary/aromatic N) is 3. The lowest BCUT2D eigenvalue weighted by Crippen LogP contribution is -1.86. The molecule has 0 unspecified atom stereocenters. The molecule has 3 nitrogen and oxygen atoms in total. The van der Waals surface area contributed by atoms with Gasteiger partial charge in [-0.25, -0.2) is 18.3 Å². The molecule has 6 heteroatoms.